The summed E-state index contributed by atoms with van der Waals surface area (Å²) in [4.78, 5) is 12.0. The molecule has 0 amide bonds. The van der Waals surface area contributed by atoms with Crippen LogP contribution in [0, 0.1) is 5.92 Å². The molecule has 0 radical (unpaired) electrons. The predicted octanol–water partition coefficient (Wildman–Crippen LogP) is 5.79. The second-order valence-electron chi connectivity index (χ2n) is 9.55. The van der Waals surface area contributed by atoms with Crippen LogP contribution in [0.15, 0.2) is 29.2 Å². The van der Waals surface area contributed by atoms with Crippen molar-refractivity contribution in [2.24, 2.45) is 5.92 Å². The number of fused-ring (bicyclic) bond motifs is 1. The van der Waals surface area contributed by atoms with E-state index in [1.165, 1.54) is 30.2 Å². The fourth-order valence-corrected chi connectivity index (χ4v) is 5.65. The molecule has 0 spiro atoms. The molecule has 34 heavy (non-hydrogen) atoms. The Morgan fingerprint density at radius 1 is 1.03 bits per heavy atom. The van der Waals surface area contributed by atoms with E-state index in [9.17, 15) is 13.2 Å². The highest BCUT2D eigenvalue weighted by Gasteiger charge is 2.30. The number of benzene rings is 1. The van der Waals surface area contributed by atoms with Crippen LogP contribution in [-0.4, -0.2) is 42.2 Å². The Balaban J connectivity index is 1.26. The Kier molecular flexibility index (Phi) is 8.24. The standard InChI is InChI=1S/C25H34F3N5S/c1-33(2)23-20-8-4-5-9-21(20)31-24(32-23)30-19-13-11-17(12-14-19)15-29-16-18-7-3-6-10-22(18)34-25(26,27)28/h3,6-7,10,17,19,29H,4-5,8-9,11-16H2,1-2H3,(H,30,31,32)/t17-,19+. The van der Waals surface area contributed by atoms with Crippen LogP contribution in [-0.2, 0) is 19.4 Å². The minimum Gasteiger partial charge on any atom is -0.362 e. The SMILES string of the molecule is CN(C)c1nc(N[C@H]2CC[C@@H](CNCc3ccccc3SC(F)(F)F)CC2)nc2c1CCCC2. The largest absolute Gasteiger partial charge is 0.446 e. The number of thioether (sulfide) groups is 1. The molecule has 0 unspecified atom stereocenters. The molecule has 0 atom stereocenters. The number of nitrogens with one attached hydrogen (secondary N) is 2. The highest BCUT2D eigenvalue weighted by atomic mass is 32.2. The van der Waals surface area contributed by atoms with Gasteiger partial charge in [-0.15, -0.1) is 0 Å². The van der Waals surface area contributed by atoms with Crippen molar-refractivity contribution in [2.75, 3.05) is 30.9 Å². The number of hydrogen-bond donors (Lipinski definition) is 2. The van der Waals surface area contributed by atoms with E-state index < -0.39 is 5.51 Å². The molecular formula is C25H34F3N5S. The number of anilines is 2. The van der Waals surface area contributed by atoms with E-state index in [4.69, 9.17) is 9.97 Å². The topological polar surface area (TPSA) is 53.1 Å². The van der Waals surface area contributed by atoms with Crippen molar-refractivity contribution in [2.45, 2.75) is 74.4 Å². The third-order valence-corrected chi connectivity index (χ3v) is 7.56. The lowest BCUT2D eigenvalue weighted by Gasteiger charge is -2.30. The summed E-state index contributed by atoms with van der Waals surface area (Å²) in [5, 5.41) is 6.96. The van der Waals surface area contributed by atoms with Crippen LogP contribution >= 0.6 is 11.8 Å². The van der Waals surface area contributed by atoms with Gasteiger partial charge in [-0.1, -0.05) is 18.2 Å². The first kappa shape index (κ1) is 25.1. The quantitative estimate of drug-likeness (QED) is 0.454. The molecule has 1 aromatic carbocycles. The van der Waals surface area contributed by atoms with E-state index in [1.54, 1.807) is 18.2 Å². The van der Waals surface area contributed by atoms with E-state index in [-0.39, 0.29) is 16.7 Å². The van der Waals surface area contributed by atoms with Crippen molar-refractivity contribution in [3.63, 3.8) is 0 Å². The molecule has 186 valence electrons. The Hall–Kier alpha value is -2.00. The van der Waals surface area contributed by atoms with E-state index in [1.807, 2.05) is 14.1 Å². The van der Waals surface area contributed by atoms with Gasteiger partial charge in [0.1, 0.15) is 5.82 Å². The van der Waals surface area contributed by atoms with Crippen molar-refractivity contribution in [1.82, 2.24) is 15.3 Å². The van der Waals surface area contributed by atoms with Crippen LogP contribution in [0.2, 0.25) is 0 Å². The maximum absolute atomic E-state index is 12.8. The van der Waals surface area contributed by atoms with Crippen LogP contribution in [0.4, 0.5) is 24.9 Å². The third kappa shape index (κ3) is 6.78. The molecule has 2 N–H and O–H groups in total. The Morgan fingerprint density at radius 3 is 2.50 bits per heavy atom. The van der Waals surface area contributed by atoms with Crippen LogP contribution < -0.4 is 15.5 Å². The first-order valence-electron chi connectivity index (χ1n) is 12.2. The number of hydrogen-bond acceptors (Lipinski definition) is 6. The Morgan fingerprint density at radius 2 is 1.76 bits per heavy atom. The zero-order valence-electron chi connectivity index (χ0n) is 19.9. The van der Waals surface area contributed by atoms with Gasteiger partial charge in [-0.2, -0.15) is 18.2 Å². The van der Waals surface area contributed by atoms with Gasteiger partial charge in [0.15, 0.2) is 0 Å². The van der Waals surface area contributed by atoms with Gasteiger partial charge in [0.2, 0.25) is 5.95 Å². The molecule has 1 heterocycles. The lowest BCUT2D eigenvalue weighted by atomic mass is 9.86. The lowest BCUT2D eigenvalue weighted by Crippen LogP contribution is -2.32. The van der Waals surface area contributed by atoms with Crippen molar-refractivity contribution < 1.29 is 13.2 Å². The summed E-state index contributed by atoms with van der Waals surface area (Å²) in [5.41, 5.74) is -1.08. The first-order valence-corrected chi connectivity index (χ1v) is 13.0. The van der Waals surface area contributed by atoms with Gasteiger partial charge in [0, 0.05) is 37.1 Å². The van der Waals surface area contributed by atoms with Gasteiger partial charge in [0.25, 0.3) is 0 Å². The van der Waals surface area contributed by atoms with Gasteiger partial charge in [-0.3, -0.25) is 0 Å². The second kappa shape index (κ2) is 11.2. The zero-order valence-corrected chi connectivity index (χ0v) is 20.7. The predicted molar refractivity (Wildman–Crippen MR) is 132 cm³/mol. The zero-order chi connectivity index (χ0) is 24.1. The van der Waals surface area contributed by atoms with Crippen molar-refractivity contribution in [3.05, 3.63) is 41.1 Å². The van der Waals surface area contributed by atoms with Crippen LogP contribution in [0.5, 0.6) is 0 Å². The molecule has 1 saturated carbocycles. The number of aromatic nitrogens is 2. The Bertz CT molecular complexity index is 958. The van der Waals surface area contributed by atoms with E-state index in [0.29, 0.717) is 24.1 Å². The molecule has 0 bridgehead atoms. The molecule has 9 heteroatoms. The summed E-state index contributed by atoms with van der Waals surface area (Å²) in [6.45, 7) is 1.27. The average Bonchev–Trinajstić information content (AvgIpc) is 2.80. The van der Waals surface area contributed by atoms with E-state index in [0.717, 1.165) is 56.8 Å². The van der Waals surface area contributed by atoms with Crippen molar-refractivity contribution in [1.29, 1.82) is 0 Å². The van der Waals surface area contributed by atoms with Gasteiger partial charge in [-0.05, 0) is 87.2 Å². The van der Waals surface area contributed by atoms with Gasteiger partial charge in [0.05, 0.1) is 5.69 Å². The third-order valence-electron chi connectivity index (χ3n) is 6.71. The number of alkyl halides is 3. The summed E-state index contributed by atoms with van der Waals surface area (Å²) >= 11 is -0.0375. The molecule has 2 aliphatic rings. The van der Waals surface area contributed by atoms with Gasteiger partial charge >= 0.3 is 5.51 Å². The molecular weight excluding hydrogens is 459 g/mol. The molecule has 2 aromatic rings. The Labute approximate surface area is 204 Å². The normalized spacial score (nSPS) is 20.6. The van der Waals surface area contributed by atoms with E-state index >= 15 is 0 Å². The maximum atomic E-state index is 12.8. The average molecular weight is 494 g/mol. The molecule has 1 aromatic heterocycles. The number of nitrogens with zero attached hydrogens (tertiary/aromatic N) is 3. The summed E-state index contributed by atoms with van der Waals surface area (Å²) in [7, 11) is 4.08. The first-order chi connectivity index (χ1) is 16.3. The van der Waals surface area contributed by atoms with Crippen LogP contribution in [0.1, 0.15) is 55.3 Å². The minimum absolute atomic E-state index is 0.0375. The minimum atomic E-state index is -4.27. The molecule has 1 fully saturated rings. The van der Waals surface area contributed by atoms with Crippen molar-refractivity contribution >= 4 is 23.5 Å². The fraction of sp³-hybridized carbons (Fsp3) is 0.600. The lowest BCUT2D eigenvalue weighted by molar-refractivity contribution is -0.0328. The number of rotatable bonds is 8. The highest BCUT2D eigenvalue weighted by molar-refractivity contribution is 8.00. The smallest absolute Gasteiger partial charge is 0.362 e. The molecule has 0 saturated heterocycles. The second-order valence-corrected chi connectivity index (χ2v) is 10.7. The van der Waals surface area contributed by atoms with Gasteiger partial charge < -0.3 is 15.5 Å². The monoisotopic (exact) mass is 493 g/mol. The summed E-state index contributed by atoms with van der Waals surface area (Å²) in [5.74, 6) is 2.31. The molecule has 4 rings (SSSR count). The van der Waals surface area contributed by atoms with Crippen molar-refractivity contribution in [3.8, 4) is 0 Å². The maximum Gasteiger partial charge on any atom is 0.446 e. The number of halogens is 3. The molecule has 2 aliphatic carbocycles. The highest BCUT2D eigenvalue weighted by Crippen LogP contribution is 2.38. The molecule has 5 nitrogen and oxygen atoms in total. The van der Waals surface area contributed by atoms with Gasteiger partial charge in [-0.25, -0.2) is 4.98 Å². The van der Waals surface area contributed by atoms with E-state index in [2.05, 4.69) is 15.5 Å². The number of aryl methyl sites for hydroxylation is 1. The fourth-order valence-electron chi connectivity index (χ4n) is 4.99. The van der Waals surface area contributed by atoms with Crippen LogP contribution in [0.25, 0.3) is 0 Å². The summed E-state index contributed by atoms with van der Waals surface area (Å²) in [6.07, 6.45) is 8.72. The molecule has 0 aliphatic heterocycles. The van der Waals surface area contributed by atoms with Crippen LogP contribution in [0.3, 0.4) is 0 Å². The summed E-state index contributed by atoms with van der Waals surface area (Å²) < 4.78 is 38.4. The summed E-state index contributed by atoms with van der Waals surface area (Å²) in [6, 6.07) is 7.11.